The third kappa shape index (κ3) is 5.44. The molecular formula is C16H12Cl2N2O4S. The first-order valence-electron chi connectivity index (χ1n) is 6.91. The molecular weight excluding hydrogens is 387 g/mol. The van der Waals surface area contributed by atoms with Crippen molar-refractivity contribution in [2.75, 3.05) is 6.54 Å². The van der Waals surface area contributed by atoms with E-state index in [-0.39, 0.29) is 11.5 Å². The number of hydrogen-bond donors (Lipinski definition) is 1. The van der Waals surface area contributed by atoms with Gasteiger partial charge in [-0.15, -0.1) is 0 Å². The first-order valence-corrected chi connectivity index (χ1v) is 9.15. The molecule has 0 aliphatic carbocycles. The molecule has 6 nitrogen and oxygen atoms in total. The summed E-state index contributed by atoms with van der Waals surface area (Å²) in [6.45, 7) is -0.585. The van der Waals surface area contributed by atoms with Crippen LogP contribution >= 0.6 is 23.2 Å². The fraction of sp³-hybridized carbons (Fsp3) is 0.125. The van der Waals surface area contributed by atoms with E-state index >= 15 is 0 Å². The molecule has 25 heavy (non-hydrogen) atoms. The Morgan fingerprint density at radius 1 is 1.12 bits per heavy atom. The molecule has 0 saturated heterocycles. The van der Waals surface area contributed by atoms with Crippen LogP contribution in [0.5, 0.6) is 0 Å². The molecule has 0 radical (unpaired) electrons. The lowest BCUT2D eigenvalue weighted by Gasteiger charge is -2.08. The van der Waals surface area contributed by atoms with E-state index in [0.29, 0.717) is 21.2 Å². The molecule has 2 aromatic rings. The number of ether oxygens (including phenoxy) is 1. The van der Waals surface area contributed by atoms with Crippen LogP contribution in [0.4, 0.5) is 0 Å². The van der Waals surface area contributed by atoms with Gasteiger partial charge in [0.15, 0.2) is 0 Å². The maximum absolute atomic E-state index is 12.1. The number of rotatable bonds is 6. The highest BCUT2D eigenvalue weighted by molar-refractivity contribution is 7.89. The largest absolute Gasteiger partial charge is 0.460 e. The molecule has 0 aliphatic heterocycles. The second-order valence-corrected chi connectivity index (χ2v) is 7.45. The Bertz CT molecular complexity index is 922. The molecule has 2 aromatic carbocycles. The molecule has 130 valence electrons. The van der Waals surface area contributed by atoms with Gasteiger partial charge in [0.25, 0.3) is 0 Å². The predicted molar refractivity (Wildman–Crippen MR) is 92.6 cm³/mol. The van der Waals surface area contributed by atoms with Crippen molar-refractivity contribution in [1.29, 1.82) is 5.26 Å². The van der Waals surface area contributed by atoms with Crippen LogP contribution in [-0.4, -0.2) is 20.9 Å². The van der Waals surface area contributed by atoms with Crippen molar-refractivity contribution in [3.63, 3.8) is 0 Å². The van der Waals surface area contributed by atoms with Crippen molar-refractivity contribution in [2.24, 2.45) is 0 Å². The molecule has 0 aromatic heterocycles. The number of benzene rings is 2. The lowest BCUT2D eigenvalue weighted by atomic mass is 10.2. The van der Waals surface area contributed by atoms with E-state index in [9.17, 15) is 13.2 Å². The molecule has 1 N–H and O–H groups in total. The SMILES string of the molecule is N#Cc1ccc(S(=O)(=O)NCC(=O)OCc2ccc(Cl)c(Cl)c2)cc1. The van der Waals surface area contributed by atoms with E-state index in [2.05, 4.69) is 4.72 Å². The van der Waals surface area contributed by atoms with E-state index in [1.54, 1.807) is 18.2 Å². The van der Waals surface area contributed by atoms with Crippen LogP contribution in [0.25, 0.3) is 0 Å². The van der Waals surface area contributed by atoms with Crippen molar-refractivity contribution in [3.8, 4) is 6.07 Å². The van der Waals surface area contributed by atoms with Crippen LogP contribution in [0.3, 0.4) is 0 Å². The first kappa shape index (κ1) is 19.2. The predicted octanol–water partition coefficient (Wildman–Crippen LogP) is 2.89. The van der Waals surface area contributed by atoms with Crippen LogP contribution in [0.15, 0.2) is 47.4 Å². The lowest BCUT2D eigenvalue weighted by molar-refractivity contribution is -0.143. The van der Waals surface area contributed by atoms with Crippen LogP contribution < -0.4 is 4.72 Å². The highest BCUT2D eigenvalue weighted by Gasteiger charge is 2.16. The third-order valence-corrected chi connectivity index (χ3v) is 5.24. The normalized spacial score (nSPS) is 10.9. The average molecular weight is 399 g/mol. The quantitative estimate of drug-likeness (QED) is 0.754. The summed E-state index contributed by atoms with van der Waals surface area (Å²) < 4.78 is 31.2. The Labute approximate surface area is 155 Å². The van der Waals surface area contributed by atoms with Gasteiger partial charge in [-0.05, 0) is 42.0 Å². The summed E-state index contributed by atoms with van der Waals surface area (Å²) in [5, 5.41) is 9.41. The first-order chi connectivity index (χ1) is 11.8. The number of nitrogens with one attached hydrogen (secondary N) is 1. The Morgan fingerprint density at radius 3 is 2.40 bits per heavy atom. The molecule has 0 fully saturated rings. The summed E-state index contributed by atoms with van der Waals surface area (Å²) in [5.41, 5.74) is 0.956. The second kappa shape index (κ2) is 8.32. The average Bonchev–Trinajstić information content (AvgIpc) is 2.61. The molecule has 0 bridgehead atoms. The van der Waals surface area contributed by atoms with Gasteiger partial charge in [-0.25, -0.2) is 8.42 Å². The van der Waals surface area contributed by atoms with Crippen molar-refractivity contribution in [3.05, 3.63) is 63.6 Å². The number of halogens is 2. The van der Waals surface area contributed by atoms with Gasteiger partial charge < -0.3 is 4.74 Å². The number of nitrogens with zero attached hydrogens (tertiary/aromatic N) is 1. The van der Waals surface area contributed by atoms with Crippen LogP contribution in [-0.2, 0) is 26.2 Å². The Balaban J connectivity index is 1.89. The van der Waals surface area contributed by atoms with E-state index in [1.165, 1.54) is 24.3 Å². The van der Waals surface area contributed by atoms with E-state index in [1.807, 2.05) is 6.07 Å². The Morgan fingerprint density at radius 2 is 1.80 bits per heavy atom. The molecule has 0 unspecified atom stereocenters. The van der Waals surface area contributed by atoms with E-state index in [4.69, 9.17) is 33.2 Å². The topological polar surface area (TPSA) is 96.3 Å². The molecule has 0 spiro atoms. The van der Waals surface area contributed by atoms with Crippen molar-refractivity contribution >= 4 is 39.2 Å². The summed E-state index contributed by atoms with van der Waals surface area (Å²) in [4.78, 5) is 11.6. The fourth-order valence-corrected chi connectivity index (χ4v) is 3.08. The number of hydrogen-bond acceptors (Lipinski definition) is 5. The van der Waals surface area contributed by atoms with Gasteiger partial charge in [-0.1, -0.05) is 29.3 Å². The Kier molecular flexibility index (Phi) is 6.39. The Hall–Kier alpha value is -2.11. The number of esters is 1. The van der Waals surface area contributed by atoms with Gasteiger partial charge >= 0.3 is 5.97 Å². The lowest BCUT2D eigenvalue weighted by Crippen LogP contribution is -2.30. The summed E-state index contributed by atoms with van der Waals surface area (Å²) in [6, 6.07) is 12.0. The smallest absolute Gasteiger partial charge is 0.321 e. The summed E-state index contributed by atoms with van der Waals surface area (Å²) in [6.07, 6.45) is 0. The van der Waals surface area contributed by atoms with E-state index in [0.717, 1.165) is 0 Å². The molecule has 0 aliphatic rings. The van der Waals surface area contributed by atoms with Crippen LogP contribution in [0.1, 0.15) is 11.1 Å². The van der Waals surface area contributed by atoms with E-state index < -0.39 is 22.5 Å². The molecule has 0 saturated carbocycles. The van der Waals surface area contributed by atoms with Gasteiger partial charge in [-0.2, -0.15) is 9.98 Å². The van der Waals surface area contributed by atoms with Crippen LogP contribution in [0.2, 0.25) is 10.0 Å². The minimum atomic E-state index is -3.87. The zero-order valence-corrected chi connectivity index (χ0v) is 15.0. The minimum absolute atomic E-state index is 0.0521. The maximum atomic E-state index is 12.1. The number of carbonyl (C=O) groups is 1. The van der Waals surface area contributed by atoms with Gasteiger partial charge in [0, 0.05) is 0 Å². The number of sulfonamides is 1. The minimum Gasteiger partial charge on any atom is -0.460 e. The summed E-state index contributed by atoms with van der Waals surface area (Å²) in [7, 11) is -3.87. The number of carbonyl (C=O) groups excluding carboxylic acids is 1. The molecule has 2 rings (SSSR count). The third-order valence-electron chi connectivity index (χ3n) is 3.08. The zero-order valence-electron chi connectivity index (χ0n) is 12.7. The fourth-order valence-electron chi connectivity index (χ4n) is 1.79. The van der Waals surface area contributed by atoms with Gasteiger partial charge in [0.2, 0.25) is 10.0 Å². The van der Waals surface area contributed by atoms with Gasteiger partial charge in [0.1, 0.15) is 13.2 Å². The van der Waals surface area contributed by atoms with Crippen molar-refractivity contribution < 1.29 is 17.9 Å². The standard InChI is InChI=1S/C16H12Cl2N2O4S/c17-14-6-3-12(7-15(14)18)10-24-16(21)9-20-25(22,23)13-4-1-11(8-19)2-5-13/h1-7,20H,9-10H2. The van der Waals surface area contributed by atoms with Crippen LogP contribution in [0, 0.1) is 11.3 Å². The molecule has 0 heterocycles. The molecule has 0 atom stereocenters. The summed E-state index contributed by atoms with van der Waals surface area (Å²) in [5.74, 6) is -0.747. The molecule has 9 heteroatoms. The highest BCUT2D eigenvalue weighted by Crippen LogP contribution is 2.22. The van der Waals surface area contributed by atoms with Crippen molar-refractivity contribution in [1.82, 2.24) is 4.72 Å². The van der Waals surface area contributed by atoms with Crippen molar-refractivity contribution in [2.45, 2.75) is 11.5 Å². The second-order valence-electron chi connectivity index (χ2n) is 4.87. The molecule has 0 amide bonds. The highest BCUT2D eigenvalue weighted by atomic mass is 35.5. The monoisotopic (exact) mass is 398 g/mol. The number of nitriles is 1. The zero-order chi connectivity index (χ0) is 18.4. The maximum Gasteiger partial charge on any atom is 0.321 e. The van der Waals surface area contributed by atoms with Gasteiger partial charge in [-0.3, -0.25) is 4.79 Å². The summed E-state index contributed by atoms with van der Waals surface area (Å²) >= 11 is 11.6. The van der Waals surface area contributed by atoms with Gasteiger partial charge in [0.05, 0.1) is 26.6 Å².